The second-order valence-electron chi connectivity index (χ2n) is 4.22. The van der Waals surface area contributed by atoms with Gasteiger partial charge in [-0.25, -0.2) is 0 Å². The smallest absolute Gasteiger partial charge is 0.248 e. The number of ether oxygens (including phenoxy) is 1. The van der Waals surface area contributed by atoms with Crippen molar-refractivity contribution < 1.29 is 9.53 Å². The van der Waals surface area contributed by atoms with E-state index < -0.39 is 0 Å². The Balaban J connectivity index is 2.12. The summed E-state index contributed by atoms with van der Waals surface area (Å²) >= 11 is 0. The number of carbonyl (C=O) groups excluding carboxylic acids is 1. The number of nitrogens with zero attached hydrogens (tertiary/aromatic N) is 1. The molecule has 0 aliphatic rings. The number of para-hydroxylation sites is 2. The Morgan fingerprint density at radius 3 is 2.67 bits per heavy atom. The minimum atomic E-state index is -0.285. The van der Waals surface area contributed by atoms with Crippen LogP contribution in [0, 0.1) is 11.3 Å². The Hall–Kier alpha value is -3.06. The third-order valence-electron chi connectivity index (χ3n) is 2.86. The summed E-state index contributed by atoms with van der Waals surface area (Å²) in [5.74, 6) is 0.309. The average Bonchev–Trinajstić information content (AvgIpc) is 2.53. The molecule has 0 bridgehead atoms. The molecule has 4 nitrogen and oxygen atoms in total. The monoisotopic (exact) mass is 278 g/mol. The molecule has 4 heteroatoms. The molecular formula is C17H14N2O2. The van der Waals surface area contributed by atoms with Crippen molar-refractivity contribution in [3.63, 3.8) is 0 Å². The highest BCUT2D eigenvalue weighted by molar-refractivity contribution is 6.02. The fourth-order valence-corrected chi connectivity index (χ4v) is 1.83. The maximum Gasteiger partial charge on any atom is 0.248 e. The van der Waals surface area contributed by atoms with Gasteiger partial charge in [-0.3, -0.25) is 4.79 Å². The maximum absolute atomic E-state index is 11.9. The minimum absolute atomic E-state index is 0.285. The molecule has 104 valence electrons. The Labute approximate surface area is 123 Å². The quantitative estimate of drug-likeness (QED) is 0.873. The molecule has 2 rings (SSSR count). The topological polar surface area (TPSA) is 62.1 Å². The van der Waals surface area contributed by atoms with Gasteiger partial charge in [-0.05, 0) is 29.8 Å². The summed E-state index contributed by atoms with van der Waals surface area (Å²) in [4.78, 5) is 11.9. The van der Waals surface area contributed by atoms with Crippen LogP contribution in [0.5, 0.6) is 5.75 Å². The molecule has 1 amide bonds. The molecular weight excluding hydrogens is 264 g/mol. The van der Waals surface area contributed by atoms with Crippen molar-refractivity contribution in [1.82, 2.24) is 0 Å². The zero-order chi connectivity index (χ0) is 15.1. The second kappa shape index (κ2) is 6.92. The van der Waals surface area contributed by atoms with E-state index in [0.29, 0.717) is 22.6 Å². The van der Waals surface area contributed by atoms with Crippen LogP contribution in [-0.4, -0.2) is 13.0 Å². The van der Waals surface area contributed by atoms with Crippen molar-refractivity contribution in [2.45, 2.75) is 0 Å². The SMILES string of the molecule is COc1ccccc1NC(=O)/C=C/c1ccccc1C#N. The van der Waals surface area contributed by atoms with E-state index in [2.05, 4.69) is 11.4 Å². The lowest BCUT2D eigenvalue weighted by molar-refractivity contribution is -0.111. The van der Waals surface area contributed by atoms with Crippen LogP contribution in [0.3, 0.4) is 0 Å². The van der Waals surface area contributed by atoms with Gasteiger partial charge in [-0.15, -0.1) is 0 Å². The predicted molar refractivity (Wildman–Crippen MR) is 81.8 cm³/mol. The number of hydrogen-bond donors (Lipinski definition) is 1. The number of amides is 1. The van der Waals surface area contributed by atoms with E-state index in [-0.39, 0.29) is 5.91 Å². The van der Waals surface area contributed by atoms with Gasteiger partial charge < -0.3 is 10.1 Å². The first kappa shape index (κ1) is 14.4. The van der Waals surface area contributed by atoms with E-state index in [4.69, 9.17) is 10.00 Å². The number of carbonyl (C=O) groups is 1. The molecule has 0 atom stereocenters. The average molecular weight is 278 g/mol. The third-order valence-corrected chi connectivity index (χ3v) is 2.86. The van der Waals surface area contributed by atoms with Crippen LogP contribution in [0.15, 0.2) is 54.6 Å². The molecule has 2 aromatic carbocycles. The first-order valence-corrected chi connectivity index (χ1v) is 6.36. The van der Waals surface area contributed by atoms with Crippen molar-refractivity contribution >= 4 is 17.7 Å². The molecule has 0 saturated carbocycles. The summed E-state index contributed by atoms with van der Waals surface area (Å²) in [6.07, 6.45) is 3.01. The number of rotatable bonds is 4. The van der Waals surface area contributed by atoms with Gasteiger partial charge in [0.2, 0.25) is 5.91 Å². The zero-order valence-electron chi connectivity index (χ0n) is 11.5. The molecule has 21 heavy (non-hydrogen) atoms. The lowest BCUT2D eigenvalue weighted by Crippen LogP contribution is -2.08. The van der Waals surface area contributed by atoms with Crippen LogP contribution in [0.25, 0.3) is 6.08 Å². The number of benzene rings is 2. The number of nitriles is 1. The second-order valence-corrected chi connectivity index (χ2v) is 4.22. The number of nitrogens with one attached hydrogen (secondary N) is 1. The van der Waals surface area contributed by atoms with E-state index >= 15 is 0 Å². The van der Waals surface area contributed by atoms with Crippen LogP contribution in [0.2, 0.25) is 0 Å². The molecule has 0 spiro atoms. The first-order chi connectivity index (χ1) is 10.2. The highest BCUT2D eigenvalue weighted by atomic mass is 16.5. The molecule has 0 fully saturated rings. The molecule has 0 aromatic heterocycles. The third kappa shape index (κ3) is 3.71. The van der Waals surface area contributed by atoms with Gasteiger partial charge in [0.15, 0.2) is 0 Å². The Morgan fingerprint density at radius 2 is 1.90 bits per heavy atom. The first-order valence-electron chi connectivity index (χ1n) is 6.36. The number of methoxy groups -OCH3 is 1. The summed E-state index contributed by atoms with van der Waals surface area (Å²) in [6.45, 7) is 0. The summed E-state index contributed by atoms with van der Waals surface area (Å²) in [6, 6.07) is 16.3. The van der Waals surface area contributed by atoms with Crippen LogP contribution in [0.1, 0.15) is 11.1 Å². The molecule has 0 saturated heterocycles. The van der Waals surface area contributed by atoms with Crippen LogP contribution >= 0.6 is 0 Å². The number of hydrogen-bond acceptors (Lipinski definition) is 3. The highest BCUT2D eigenvalue weighted by Gasteiger charge is 2.04. The van der Waals surface area contributed by atoms with Crippen LogP contribution < -0.4 is 10.1 Å². The van der Waals surface area contributed by atoms with Gasteiger partial charge in [0.1, 0.15) is 5.75 Å². The largest absolute Gasteiger partial charge is 0.495 e. The molecule has 0 unspecified atom stereocenters. The Bertz CT molecular complexity index is 715. The van der Waals surface area contributed by atoms with Gasteiger partial charge in [-0.2, -0.15) is 5.26 Å². The Kier molecular flexibility index (Phi) is 4.73. The highest BCUT2D eigenvalue weighted by Crippen LogP contribution is 2.22. The van der Waals surface area contributed by atoms with Gasteiger partial charge >= 0.3 is 0 Å². The lowest BCUT2D eigenvalue weighted by Gasteiger charge is -2.07. The van der Waals surface area contributed by atoms with Crippen molar-refractivity contribution in [2.75, 3.05) is 12.4 Å². The van der Waals surface area contributed by atoms with Crippen molar-refractivity contribution in [3.05, 3.63) is 65.7 Å². The fourth-order valence-electron chi connectivity index (χ4n) is 1.83. The molecule has 1 N–H and O–H groups in total. The van der Waals surface area contributed by atoms with Crippen molar-refractivity contribution in [3.8, 4) is 11.8 Å². The lowest BCUT2D eigenvalue weighted by atomic mass is 10.1. The van der Waals surface area contributed by atoms with E-state index in [9.17, 15) is 4.79 Å². The maximum atomic E-state index is 11.9. The van der Waals surface area contributed by atoms with E-state index in [0.717, 1.165) is 0 Å². The summed E-state index contributed by atoms with van der Waals surface area (Å²) in [5.41, 5.74) is 1.83. The summed E-state index contributed by atoms with van der Waals surface area (Å²) in [5, 5.41) is 11.7. The van der Waals surface area contributed by atoms with Crippen molar-refractivity contribution in [2.24, 2.45) is 0 Å². The molecule has 0 heterocycles. The molecule has 0 aliphatic carbocycles. The summed E-state index contributed by atoms with van der Waals surface area (Å²) < 4.78 is 5.16. The van der Waals surface area contributed by atoms with Crippen molar-refractivity contribution in [1.29, 1.82) is 5.26 Å². The normalized spacial score (nSPS) is 10.1. The number of anilines is 1. The predicted octanol–water partition coefficient (Wildman–Crippen LogP) is 3.22. The molecule has 0 radical (unpaired) electrons. The van der Waals surface area contributed by atoms with E-state index in [1.807, 2.05) is 18.2 Å². The zero-order valence-corrected chi connectivity index (χ0v) is 11.5. The van der Waals surface area contributed by atoms with Crippen LogP contribution in [0.4, 0.5) is 5.69 Å². The van der Waals surface area contributed by atoms with Gasteiger partial charge in [0.25, 0.3) is 0 Å². The van der Waals surface area contributed by atoms with Gasteiger partial charge in [0.05, 0.1) is 24.4 Å². The van der Waals surface area contributed by atoms with Crippen LogP contribution in [-0.2, 0) is 4.79 Å². The summed E-state index contributed by atoms with van der Waals surface area (Å²) in [7, 11) is 1.55. The Morgan fingerprint density at radius 1 is 1.19 bits per heavy atom. The standard InChI is InChI=1S/C17H14N2O2/c1-21-16-9-5-4-8-15(16)19-17(20)11-10-13-6-2-3-7-14(13)12-18/h2-11H,1H3,(H,19,20)/b11-10+. The fraction of sp³-hybridized carbons (Fsp3) is 0.0588. The van der Waals surface area contributed by atoms with Gasteiger partial charge in [0, 0.05) is 6.08 Å². The molecule has 0 aliphatic heterocycles. The van der Waals surface area contributed by atoms with E-state index in [1.54, 1.807) is 43.5 Å². The van der Waals surface area contributed by atoms with E-state index in [1.165, 1.54) is 6.08 Å². The molecule has 2 aromatic rings. The van der Waals surface area contributed by atoms with Gasteiger partial charge in [-0.1, -0.05) is 30.3 Å². The minimum Gasteiger partial charge on any atom is -0.495 e.